The zero-order valence-corrected chi connectivity index (χ0v) is 21.7. The quantitative estimate of drug-likeness (QED) is 0.303. The predicted octanol–water partition coefficient (Wildman–Crippen LogP) is 2.23. The maximum Gasteiger partial charge on any atom is 0.255 e. The third-order valence-corrected chi connectivity index (χ3v) is 7.95. The van der Waals surface area contributed by atoms with Gasteiger partial charge in [0.25, 0.3) is 5.91 Å². The van der Waals surface area contributed by atoms with E-state index in [4.69, 9.17) is 5.73 Å². The van der Waals surface area contributed by atoms with Gasteiger partial charge < -0.3 is 31.5 Å². The number of phenolic OH excluding ortho intramolecular Hbond substituents is 1. The molecule has 7 N–H and O–H groups in total. The summed E-state index contributed by atoms with van der Waals surface area (Å²) in [5, 5.41) is 48.3. The van der Waals surface area contributed by atoms with Crippen LogP contribution < -0.4 is 11.1 Å². The van der Waals surface area contributed by atoms with E-state index in [1.54, 1.807) is 12.3 Å². The van der Waals surface area contributed by atoms with Crippen molar-refractivity contribution >= 4 is 23.2 Å². The van der Waals surface area contributed by atoms with Crippen LogP contribution in [0, 0.1) is 17.8 Å². The smallest absolute Gasteiger partial charge is 0.255 e. The molecule has 0 spiro atoms. The Morgan fingerprint density at radius 3 is 2.59 bits per heavy atom. The number of benzene rings is 1. The number of nitrogens with two attached hydrogens (primary N) is 1. The number of amides is 1. The molecule has 204 valence electrons. The Labute approximate surface area is 224 Å². The number of primary amides is 1. The van der Waals surface area contributed by atoms with Gasteiger partial charge in [0, 0.05) is 41.8 Å². The van der Waals surface area contributed by atoms with Crippen LogP contribution in [-0.2, 0) is 27.3 Å². The summed E-state index contributed by atoms with van der Waals surface area (Å²) in [5.74, 6) is -6.09. The molecule has 0 aliphatic heterocycles. The number of hydrogen-bond acceptors (Lipinski definition) is 9. The van der Waals surface area contributed by atoms with E-state index in [-0.39, 0.29) is 42.7 Å². The number of pyridine rings is 1. The van der Waals surface area contributed by atoms with Crippen LogP contribution in [-0.4, -0.2) is 55.0 Å². The molecular weight excluding hydrogens is 502 g/mol. The summed E-state index contributed by atoms with van der Waals surface area (Å²) in [6, 6.07) is 7.23. The van der Waals surface area contributed by atoms with Gasteiger partial charge in [-0.2, -0.15) is 0 Å². The van der Waals surface area contributed by atoms with Gasteiger partial charge in [0.05, 0.1) is 11.3 Å². The molecular formula is C29H31N3O7. The number of aliphatic hydroxyl groups is 3. The first-order chi connectivity index (χ1) is 18.5. The van der Waals surface area contributed by atoms with E-state index in [1.165, 1.54) is 0 Å². The molecule has 1 aromatic carbocycles. The van der Waals surface area contributed by atoms with E-state index >= 15 is 0 Å². The number of phenols is 1. The Kier molecular flexibility index (Phi) is 6.56. The number of aromatic hydroxyl groups is 1. The first kappa shape index (κ1) is 26.6. The lowest BCUT2D eigenvalue weighted by molar-refractivity contribution is -0.147. The fraction of sp³-hybridized carbons (Fsp3) is 0.379. The Hall–Kier alpha value is -4.02. The lowest BCUT2D eigenvalue weighted by Gasteiger charge is -2.46. The Balaban J connectivity index is 1.70. The number of nitrogens with zero attached hydrogens (tertiary/aromatic N) is 1. The monoisotopic (exact) mass is 533 g/mol. The number of nitrogens with one attached hydrogen (secondary N) is 1. The average Bonchev–Trinajstić information content (AvgIpc) is 2.87. The van der Waals surface area contributed by atoms with Gasteiger partial charge in [0.2, 0.25) is 5.78 Å². The van der Waals surface area contributed by atoms with E-state index in [1.807, 2.05) is 18.2 Å². The molecule has 0 bridgehead atoms. The molecule has 0 radical (unpaired) electrons. The van der Waals surface area contributed by atoms with Crippen molar-refractivity contribution in [3.05, 3.63) is 64.1 Å². The molecule has 39 heavy (non-hydrogen) atoms. The van der Waals surface area contributed by atoms with Gasteiger partial charge in [-0.1, -0.05) is 19.9 Å². The number of hydrogen-bond donors (Lipinski definition) is 6. The van der Waals surface area contributed by atoms with Crippen molar-refractivity contribution in [2.75, 3.05) is 6.54 Å². The van der Waals surface area contributed by atoms with Crippen molar-refractivity contribution in [2.24, 2.45) is 23.5 Å². The zero-order valence-electron chi connectivity index (χ0n) is 21.7. The van der Waals surface area contributed by atoms with Gasteiger partial charge in [0.15, 0.2) is 11.4 Å². The molecule has 2 aromatic rings. The number of fused-ring (bicyclic) bond motifs is 3. The molecule has 1 fully saturated rings. The normalized spacial score (nSPS) is 24.5. The maximum atomic E-state index is 13.8. The Bertz CT molecular complexity index is 1460. The molecule has 10 nitrogen and oxygen atoms in total. The summed E-state index contributed by atoms with van der Waals surface area (Å²) in [4.78, 5) is 42.7. The number of aliphatic hydroxyl groups excluding tert-OH is 2. The van der Waals surface area contributed by atoms with Crippen molar-refractivity contribution in [1.82, 2.24) is 10.3 Å². The third kappa shape index (κ3) is 4.11. The van der Waals surface area contributed by atoms with Gasteiger partial charge in [-0.25, -0.2) is 0 Å². The molecule has 3 atom stereocenters. The molecule has 1 heterocycles. The number of Topliss-reactive ketones (excluding diaryl/α,β-unsaturated/α-hetero) is 2. The van der Waals surface area contributed by atoms with Crippen LogP contribution in [0.3, 0.4) is 0 Å². The molecule has 0 saturated heterocycles. The largest absolute Gasteiger partial charge is 0.508 e. The van der Waals surface area contributed by atoms with E-state index < -0.39 is 52.0 Å². The standard InChI is InChI=1S/C29H31N3O7/c1-13(2)11-31-12-15-9-17(19-5-3-4-6-32-19)18-8-14-7-16-10-20(33)23(28(30)38)27(37)29(16,39)26(36)21(14)25(35)22(18)24(15)34/h3-6,9,13-14,16,31,34-35,37,39H,7-8,10-12H2,1-2H3,(H2,30,38)/t14-,16+,29?/m1/s1. The van der Waals surface area contributed by atoms with Crippen molar-refractivity contribution < 1.29 is 34.8 Å². The number of aromatic nitrogens is 1. The summed E-state index contributed by atoms with van der Waals surface area (Å²) in [6.45, 7) is 5.07. The van der Waals surface area contributed by atoms with Crippen molar-refractivity contribution in [2.45, 2.75) is 45.3 Å². The molecule has 3 aliphatic rings. The van der Waals surface area contributed by atoms with Crippen LogP contribution >= 0.6 is 0 Å². The van der Waals surface area contributed by atoms with Gasteiger partial charge in [-0.05, 0) is 55.0 Å². The molecule has 1 amide bonds. The average molecular weight is 534 g/mol. The van der Waals surface area contributed by atoms with Gasteiger partial charge in [-0.15, -0.1) is 0 Å². The summed E-state index contributed by atoms with van der Waals surface area (Å²) in [7, 11) is 0. The Morgan fingerprint density at radius 2 is 1.95 bits per heavy atom. The van der Waals surface area contributed by atoms with E-state index in [9.17, 15) is 34.8 Å². The van der Waals surface area contributed by atoms with Crippen LogP contribution in [0.1, 0.15) is 43.4 Å². The third-order valence-electron chi connectivity index (χ3n) is 7.95. The van der Waals surface area contributed by atoms with Gasteiger partial charge in [0.1, 0.15) is 22.8 Å². The molecule has 3 aliphatic carbocycles. The molecule has 5 rings (SSSR count). The fourth-order valence-corrected chi connectivity index (χ4v) is 6.13. The summed E-state index contributed by atoms with van der Waals surface area (Å²) in [5.41, 5.74) is 4.13. The highest BCUT2D eigenvalue weighted by Gasteiger charge is 2.60. The Morgan fingerprint density at radius 1 is 1.21 bits per heavy atom. The topological polar surface area (TPSA) is 183 Å². The second kappa shape index (κ2) is 9.62. The van der Waals surface area contributed by atoms with E-state index in [0.717, 1.165) is 0 Å². The van der Waals surface area contributed by atoms with Crippen LogP contribution in [0.25, 0.3) is 17.0 Å². The van der Waals surface area contributed by atoms with Crippen molar-refractivity contribution in [3.8, 4) is 17.0 Å². The summed E-state index contributed by atoms with van der Waals surface area (Å²) < 4.78 is 0. The highest BCUT2D eigenvalue weighted by Crippen LogP contribution is 2.53. The fourth-order valence-electron chi connectivity index (χ4n) is 6.13. The number of carbonyl (C=O) groups excluding carboxylic acids is 3. The van der Waals surface area contributed by atoms with Gasteiger partial charge in [-0.3, -0.25) is 19.4 Å². The first-order valence-electron chi connectivity index (χ1n) is 12.9. The molecule has 1 aromatic heterocycles. The van der Waals surface area contributed by atoms with E-state index in [0.29, 0.717) is 34.8 Å². The number of rotatable bonds is 6. The van der Waals surface area contributed by atoms with Crippen LogP contribution in [0.4, 0.5) is 0 Å². The minimum absolute atomic E-state index is 0.0617. The maximum absolute atomic E-state index is 13.8. The molecule has 1 unspecified atom stereocenters. The summed E-state index contributed by atoms with van der Waals surface area (Å²) in [6.07, 6.45) is 1.57. The van der Waals surface area contributed by atoms with Crippen LogP contribution in [0.5, 0.6) is 5.75 Å². The highest BCUT2D eigenvalue weighted by atomic mass is 16.3. The minimum Gasteiger partial charge on any atom is -0.508 e. The predicted molar refractivity (Wildman–Crippen MR) is 141 cm³/mol. The minimum atomic E-state index is -2.59. The molecule has 1 saturated carbocycles. The lowest BCUT2D eigenvalue weighted by atomic mass is 9.59. The van der Waals surface area contributed by atoms with Gasteiger partial charge >= 0.3 is 0 Å². The number of ketones is 2. The first-order valence-corrected chi connectivity index (χ1v) is 12.9. The van der Waals surface area contributed by atoms with Crippen molar-refractivity contribution in [1.29, 1.82) is 0 Å². The lowest BCUT2D eigenvalue weighted by Crippen LogP contribution is -2.58. The van der Waals surface area contributed by atoms with E-state index in [2.05, 4.69) is 24.1 Å². The summed E-state index contributed by atoms with van der Waals surface area (Å²) >= 11 is 0. The second-order valence-electron chi connectivity index (χ2n) is 10.9. The van der Waals surface area contributed by atoms with Crippen LogP contribution in [0.15, 0.2) is 47.4 Å². The highest BCUT2D eigenvalue weighted by molar-refractivity contribution is 6.22. The zero-order chi connectivity index (χ0) is 28.2. The number of carbonyl (C=O) groups is 3. The molecule has 10 heteroatoms. The SMILES string of the molecule is CC(C)CNCc1cc(-c2ccccn2)c2c(c1O)C(O)=C1C(=O)C3(O)C(O)=C(C(N)=O)C(=O)C[C@@H]3C[C@@H]1C2. The van der Waals surface area contributed by atoms with Crippen LogP contribution in [0.2, 0.25) is 0 Å². The van der Waals surface area contributed by atoms with Crippen molar-refractivity contribution in [3.63, 3.8) is 0 Å². The second-order valence-corrected chi connectivity index (χ2v) is 10.9.